The van der Waals surface area contributed by atoms with Crippen molar-refractivity contribution in [2.45, 2.75) is 13.0 Å². The van der Waals surface area contributed by atoms with Gasteiger partial charge >= 0.3 is 6.09 Å². The Bertz CT molecular complexity index is 912. The third kappa shape index (κ3) is 3.80. The first kappa shape index (κ1) is 17.4. The van der Waals surface area contributed by atoms with E-state index in [1.54, 1.807) is 23.8 Å². The van der Waals surface area contributed by atoms with Gasteiger partial charge in [-0.05, 0) is 25.1 Å². The van der Waals surface area contributed by atoms with E-state index >= 15 is 0 Å². The number of imidazole rings is 1. The fourth-order valence-corrected chi connectivity index (χ4v) is 2.89. The van der Waals surface area contributed by atoms with Crippen LogP contribution in [0.15, 0.2) is 30.7 Å². The number of aryl methyl sites for hydroxylation is 1. The van der Waals surface area contributed by atoms with Crippen molar-refractivity contribution in [1.82, 2.24) is 9.55 Å². The van der Waals surface area contributed by atoms with Crippen molar-refractivity contribution < 1.29 is 26.5 Å². The minimum Gasteiger partial charge on any atom is -0.441 e. The molecule has 1 aromatic heterocycles. The van der Waals surface area contributed by atoms with Crippen LogP contribution in [0.3, 0.4) is 0 Å². The van der Waals surface area contributed by atoms with Crippen molar-refractivity contribution in [3.05, 3.63) is 42.2 Å². The number of halogens is 1. The average molecular weight is 369 g/mol. The Kier molecular flexibility index (Phi) is 4.48. The van der Waals surface area contributed by atoms with Crippen LogP contribution in [0.25, 0.3) is 5.69 Å². The summed E-state index contributed by atoms with van der Waals surface area (Å²) < 4.78 is 47.7. The number of ether oxygens (including phenoxy) is 1. The van der Waals surface area contributed by atoms with E-state index < -0.39 is 28.1 Å². The first-order valence-electron chi connectivity index (χ1n) is 7.36. The van der Waals surface area contributed by atoms with Crippen LogP contribution in [0.1, 0.15) is 5.69 Å². The Morgan fingerprint density at radius 3 is 2.80 bits per heavy atom. The zero-order valence-electron chi connectivity index (χ0n) is 13.5. The van der Waals surface area contributed by atoms with Crippen molar-refractivity contribution in [3.63, 3.8) is 0 Å². The van der Waals surface area contributed by atoms with Gasteiger partial charge in [0, 0.05) is 11.9 Å². The maximum Gasteiger partial charge on any atom is 0.414 e. The molecule has 25 heavy (non-hydrogen) atoms. The van der Waals surface area contributed by atoms with Gasteiger partial charge in [0.15, 0.2) is 0 Å². The molecule has 1 saturated heterocycles. The van der Waals surface area contributed by atoms with E-state index in [4.69, 9.17) is 4.74 Å². The molecule has 0 radical (unpaired) electrons. The topological polar surface area (TPSA) is 90.7 Å². The molecule has 2 heterocycles. The van der Waals surface area contributed by atoms with Crippen LogP contribution in [0.4, 0.5) is 14.9 Å². The lowest BCUT2D eigenvalue weighted by molar-refractivity contribution is 0.107. The maximum atomic E-state index is 14.4. The highest BCUT2D eigenvalue weighted by molar-refractivity contribution is 7.85. The van der Waals surface area contributed by atoms with E-state index in [-0.39, 0.29) is 13.2 Å². The molecule has 1 unspecified atom stereocenters. The minimum absolute atomic E-state index is 0.0667. The highest BCUT2D eigenvalue weighted by atomic mass is 32.2. The van der Waals surface area contributed by atoms with Crippen molar-refractivity contribution in [3.8, 4) is 5.69 Å². The number of aromatic nitrogens is 2. The average Bonchev–Trinajstić information content (AvgIpc) is 3.10. The van der Waals surface area contributed by atoms with Crippen LogP contribution in [0.2, 0.25) is 0 Å². The number of hydrogen-bond acceptors (Lipinski definition) is 6. The molecule has 1 atom stereocenters. The lowest BCUT2D eigenvalue weighted by Crippen LogP contribution is -2.26. The third-order valence-corrected chi connectivity index (χ3v) is 4.23. The summed E-state index contributed by atoms with van der Waals surface area (Å²) >= 11 is 0. The van der Waals surface area contributed by atoms with Gasteiger partial charge in [0.25, 0.3) is 10.1 Å². The van der Waals surface area contributed by atoms with E-state index in [0.717, 1.165) is 11.9 Å². The van der Waals surface area contributed by atoms with Crippen LogP contribution < -0.4 is 4.90 Å². The largest absolute Gasteiger partial charge is 0.441 e. The van der Waals surface area contributed by atoms with E-state index in [2.05, 4.69) is 9.17 Å². The Hall–Kier alpha value is -2.46. The molecule has 2 aromatic rings. The Morgan fingerprint density at radius 2 is 2.20 bits per heavy atom. The molecule has 0 saturated carbocycles. The summed E-state index contributed by atoms with van der Waals surface area (Å²) in [6.07, 6.45) is 2.58. The highest BCUT2D eigenvalue weighted by Crippen LogP contribution is 2.26. The number of anilines is 1. The number of carbonyl (C=O) groups excluding carboxylic acids is 1. The first-order valence-corrected chi connectivity index (χ1v) is 9.17. The van der Waals surface area contributed by atoms with Crippen molar-refractivity contribution in [2.24, 2.45) is 0 Å². The zero-order chi connectivity index (χ0) is 18.2. The molecular weight excluding hydrogens is 353 g/mol. The molecule has 0 aliphatic carbocycles. The normalized spacial score (nSPS) is 17.8. The number of carbonyl (C=O) groups is 1. The lowest BCUT2D eigenvalue weighted by Gasteiger charge is -2.15. The van der Waals surface area contributed by atoms with E-state index in [1.165, 1.54) is 23.4 Å². The highest BCUT2D eigenvalue weighted by Gasteiger charge is 2.33. The monoisotopic (exact) mass is 369 g/mol. The second kappa shape index (κ2) is 6.45. The maximum absolute atomic E-state index is 14.4. The fourth-order valence-electron chi connectivity index (χ4n) is 2.49. The summed E-state index contributed by atoms with van der Waals surface area (Å²) in [5, 5.41) is 0. The second-order valence-corrected chi connectivity index (χ2v) is 7.29. The quantitative estimate of drug-likeness (QED) is 0.744. The van der Waals surface area contributed by atoms with Crippen molar-refractivity contribution in [2.75, 3.05) is 24.3 Å². The summed E-state index contributed by atoms with van der Waals surface area (Å²) in [4.78, 5) is 17.1. The standard InChI is InChI=1S/C15H16FN3O5S/c1-10-6-17-9-19(10)14-4-3-11(5-13(14)16)18-7-12(24-15(18)20)8-23-25(2,21)22/h3-6,9,12H,7-8H2,1-2H3. The first-order chi connectivity index (χ1) is 11.7. The molecule has 8 nitrogen and oxygen atoms in total. The molecule has 1 aliphatic rings. The minimum atomic E-state index is -3.63. The Labute approximate surface area is 143 Å². The Balaban J connectivity index is 1.77. The van der Waals surface area contributed by atoms with Gasteiger partial charge in [-0.1, -0.05) is 0 Å². The molecule has 0 N–H and O–H groups in total. The van der Waals surface area contributed by atoms with E-state index in [0.29, 0.717) is 11.4 Å². The Morgan fingerprint density at radius 1 is 1.44 bits per heavy atom. The molecule has 10 heteroatoms. The number of cyclic esters (lactones) is 1. The van der Waals surface area contributed by atoms with Gasteiger partial charge in [-0.2, -0.15) is 8.42 Å². The van der Waals surface area contributed by atoms with Crippen LogP contribution in [0.5, 0.6) is 0 Å². The van der Waals surface area contributed by atoms with Crippen LogP contribution in [-0.4, -0.2) is 49.6 Å². The number of rotatable bonds is 5. The van der Waals surface area contributed by atoms with Gasteiger partial charge in [0.1, 0.15) is 18.5 Å². The van der Waals surface area contributed by atoms with Gasteiger partial charge in [0.2, 0.25) is 0 Å². The summed E-state index contributed by atoms with van der Waals surface area (Å²) in [5.41, 5.74) is 1.39. The molecule has 0 spiro atoms. The molecule has 1 amide bonds. The number of nitrogens with zero attached hydrogens (tertiary/aromatic N) is 3. The van der Waals surface area contributed by atoms with E-state index in [1.807, 2.05) is 0 Å². The zero-order valence-corrected chi connectivity index (χ0v) is 14.4. The van der Waals surface area contributed by atoms with E-state index in [9.17, 15) is 17.6 Å². The molecular formula is C15H16FN3O5S. The summed E-state index contributed by atoms with van der Waals surface area (Å²) in [6.45, 7) is 1.58. The molecule has 1 aliphatic heterocycles. The van der Waals surface area contributed by atoms with Crippen LogP contribution in [-0.2, 0) is 19.0 Å². The lowest BCUT2D eigenvalue weighted by atomic mass is 10.2. The van der Waals surface area contributed by atoms with Crippen molar-refractivity contribution >= 4 is 21.9 Å². The second-order valence-electron chi connectivity index (χ2n) is 5.65. The summed E-state index contributed by atoms with van der Waals surface area (Å²) in [6, 6.07) is 4.34. The van der Waals surface area contributed by atoms with Gasteiger partial charge in [0.05, 0.1) is 30.5 Å². The molecule has 1 aromatic carbocycles. The molecule has 3 rings (SSSR count). The van der Waals surface area contributed by atoms with Gasteiger partial charge in [-0.25, -0.2) is 14.2 Å². The van der Waals surface area contributed by atoms with Crippen LogP contribution in [0, 0.1) is 12.7 Å². The van der Waals surface area contributed by atoms with Gasteiger partial charge in [-0.3, -0.25) is 9.08 Å². The fraction of sp³-hybridized carbons (Fsp3) is 0.333. The predicted molar refractivity (Wildman–Crippen MR) is 86.7 cm³/mol. The SMILES string of the molecule is Cc1cncn1-c1ccc(N2CC(COS(C)(=O)=O)OC2=O)cc1F. The third-order valence-electron chi connectivity index (χ3n) is 3.67. The summed E-state index contributed by atoms with van der Waals surface area (Å²) in [7, 11) is -3.63. The van der Waals surface area contributed by atoms with Gasteiger partial charge in [-0.15, -0.1) is 0 Å². The predicted octanol–water partition coefficient (Wildman–Crippen LogP) is 1.62. The smallest absolute Gasteiger partial charge is 0.414 e. The molecule has 0 bridgehead atoms. The van der Waals surface area contributed by atoms with Gasteiger partial charge < -0.3 is 9.30 Å². The van der Waals surface area contributed by atoms with Crippen molar-refractivity contribution in [1.29, 1.82) is 0 Å². The number of benzene rings is 1. The molecule has 1 fully saturated rings. The van der Waals surface area contributed by atoms with Crippen LogP contribution >= 0.6 is 0 Å². The number of amides is 1. The summed E-state index contributed by atoms with van der Waals surface area (Å²) in [5.74, 6) is -0.526. The number of hydrogen-bond donors (Lipinski definition) is 0. The molecule has 134 valence electrons.